The lowest BCUT2D eigenvalue weighted by Gasteiger charge is -2.06. The molecule has 0 spiro atoms. The molecule has 0 aliphatic carbocycles. The first-order chi connectivity index (χ1) is 12.9. The van der Waals surface area contributed by atoms with Crippen LogP contribution in [0.3, 0.4) is 0 Å². The second kappa shape index (κ2) is 8.22. The van der Waals surface area contributed by atoms with Crippen molar-refractivity contribution in [3.63, 3.8) is 0 Å². The first-order valence-electron chi connectivity index (χ1n) is 9.38. The Hall–Kier alpha value is -2.19. The molecule has 2 heterocycles. The van der Waals surface area contributed by atoms with Crippen LogP contribution in [0.4, 0.5) is 5.82 Å². The maximum Gasteiger partial charge on any atom is 0.208 e. The van der Waals surface area contributed by atoms with E-state index in [0.29, 0.717) is 12.4 Å². The van der Waals surface area contributed by atoms with Crippen molar-refractivity contribution >= 4 is 37.8 Å². The molecule has 0 atom stereocenters. The number of benzene rings is 1. The monoisotopic (exact) mass is 389 g/mol. The van der Waals surface area contributed by atoms with E-state index in [1.54, 1.807) is 0 Å². The van der Waals surface area contributed by atoms with E-state index < -0.39 is 10.0 Å². The molecule has 0 amide bonds. The number of nitrogens with two attached hydrogens (primary N) is 1. The van der Waals surface area contributed by atoms with Gasteiger partial charge >= 0.3 is 0 Å². The van der Waals surface area contributed by atoms with E-state index in [9.17, 15) is 8.42 Å². The third kappa shape index (κ3) is 4.95. The molecule has 0 saturated carbocycles. The van der Waals surface area contributed by atoms with Gasteiger partial charge in [0, 0.05) is 18.4 Å². The SMILES string of the molecule is CCCCc1nc2c([nH]1)c(N)nc1cc(CCCCNS(C)(=O)=O)ccc12. The molecule has 7 nitrogen and oxygen atoms in total. The molecule has 146 valence electrons. The normalized spacial score (nSPS) is 12.2. The van der Waals surface area contributed by atoms with Gasteiger partial charge in [-0.25, -0.2) is 23.1 Å². The van der Waals surface area contributed by atoms with Gasteiger partial charge in [0.15, 0.2) is 0 Å². The van der Waals surface area contributed by atoms with E-state index in [-0.39, 0.29) is 0 Å². The van der Waals surface area contributed by atoms with Crippen molar-refractivity contribution in [2.24, 2.45) is 0 Å². The van der Waals surface area contributed by atoms with Gasteiger partial charge in [0.05, 0.1) is 11.8 Å². The van der Waals surface area contributed by atoms with Gasteiger partial charge < -0.3 is 10.7 Å². The number of nitrogens with zero attached hydrogens (tertiary/aromatic N) is 2. The summed E-state index contributed by atoms with van der Waals surface area (Å²) in [4.78, 5) is 12.6. The number of pyridine rings is 1. The van der Waals surface area contributed by atoms with Gasteiger partial charge in [-0.15, -0.1) is 0 Å². The molecule has 3 aromatic rings. The third-order valence-electron chi connectivity index (χ3n) is 4.59. The second-order valence-corrected chi connectivity index (χ2v) is 8.82. The van der Waals surface area contributed by atoms with E-state index >= 15 is 0 Å². The van der Waals surface area contributed by atoms with Crippen LogP contribution in [-0.4, -0.2) is 36.2 Å². The Bertz CT molecular complexity index is 1040. The summed E-state index contributed by atoms with van der Waals surface area (Å²) in [5, 5.41) is 1.00. The average Bonchev–Trinajstić information content (AvgIpc) is 3.03. The van der Waals surface area contributed by atoms with E-state index in [1.165, 1.54) is 6.26 Å². The number of nitrogen functional groups attached to an aromatic ring is 1. The number of H-pyrrole nitrogens is 1. The zero-order valence-corrected chi connectivity index (χ0v) is 16.7. The highest BCUT2D eigenvalue weighted by atomic mass is 32.2. The lowest BCUT2D eigenvalue weighted by Crippen LogP contribution is -2.22. The number of unbranched alkanes of at least 4 members (excludes halogenated alkanes) is 2. The number of rotatable bonds is 9. The molecule has 3 rings (SSSR count). The van der Waals surface area contributed by atoms with E-state index in [1.807, 2.05) is 0 Å². The number of aromatic amines is 1. The van der Waals surface area contributed by atoms with Gasteiger partial charge in [-0.1, -0.05) is 25.5 Å². The lowest BCUT2D eigenvalue weighted by molar-refractivity contribution is 0.583. The fraction of sp³-hybridized carbons (Fsp3) is 0.474. The number of nitrogens with one attached hydrogen (secondary N) is 2. The quantitative estimate of drug-likeness (QED) is 0.487. The van der Waals surface area contributed by atoms with Crippen LogP contribution in [0, 0.1) is 0 Å². The second-order valence-electron chi connectivity index (χ2n) is 6.98. The third-order valence-corrected chi connectivity index (χ3v) is 5.32. The summed E-state index contributed by atoms with van der Waals surface area (Å²) < 4.78 is 24.7. The first-order valence-corrected chi connectivity index (χ1v) is 11.3. The van der Waals surface area contributed by atoms with Crippen LogP contribution in [0.5, 0.6) is 0 Å². The molecule has 0 aliphatic rings. The predicted octanol–water partition coefficient (Wildman–Crippen LogP) is 2.91. The van der Waals surface area contributed by atoms with Gasteiger partial charge in [0.25, 0.3) is 0 Å². The van der Waals surface area contributed by atoms with Crippen molar-refractivity contribution in [2.75, 3.05) is 18.5 Å². The van der Waals surface area contributed by atoms with Gasteiger partial charge in [-0.3, -0.25) is 0 Å². The first kappa shape index (κ1) is 19.6. The molecule has 2 aromatic heterocycles. The number of hydrogen-bond donors (Lipinski definition) is 3. The highest BCUT2D eigenvalue weighted by Crippen LogP contribution is 2.27. The van der Waals surface area contributed by atoms with Crippen molar-refractivity contribution in [3.05, 3.63) is 29.6 Å². The number of sulfonamides is 1. The molecular weight excluding hydrogens is 362 g/mol. The summed E-state index contributed by atoms with van der Waals surface area (Å²) in [6.45, 7) is 2.62. The zero-order valence-electron chi connectivity index (χ0n) is 15.9. The average molecular weight is 390 g/mol. The molecule has 4 N–H and O–H groups in total. The van der Waals surface area contributed by atoms with E-state index in [0.717, 1.165) is 71.8 Å². The fourth-order valence-corrected chi connectivity index (χ4v) is 3.70. The van der Waals surface area contributed by atoms with Crippen molar-refractivity contribution in [2.45, 2.75) is 45.4 Å². The van der Waals surface area contributed by atoms with Crippen LogP contribution in [0.15, 0.2) is 18.2 Å². The summed E-state index contributed by atoms with van der Waals surface area (Å²) in [6.07, 6.45) is 6.85. The van der Waals surface area contributed by atoms with Crippen molar-refractivity contribution in [3.8, 4) is 0 Å². The molecule has 1 aromatic carbocycles. The summed E-state index contributed by atoms with van der Waals surface area (Å²) >= 11 is 0. The molecule has 27 heavy (non-hydrogen) atoms. The number of fused-ring (bicyclic) bond motifs is 3. The van der Waals surface area contributed by atoms with Crippen LogP contribution in [-0.2, 0) is 22.9 Å². The molecule has 0 aliphatic heterocycles. The highest BCUT2D eigenvalue weighted by Gasteiger charge is 2.12. The van der Waals surface area contributed by atoms with Crippen molar-refractivity contribution in [1.82, 2.24) is 19.7 Å². The minimum absolute atomic E-state index is 0.464. The lowest BCUT2D eigenvalue weighted by atomic mass is 10.1. The summed E-state index contributed by atoms with van der Waals surface area (Å²) in [7, 11) is -3.11. The van der Waals surface area contributed by atoms with Crippen LogP contribution >= 0.6 is 0 Å². The fourth-order valence-electron chi connectivity index (χ4n) is 3.19. The number of anilines is 1. The Kier molecular flexibility index (Phi) is 5.96. The number of aryl methyl sites for hydroxylation is 2. The molecular formula is C19H27N5O2S. The maximum atomic E-state index is 11.1. The predicted molar refractivity (Wildman–Crippen MR) is 110 cm³/mol. The Morgan fingerprint density at radius 1 is 1.15 bits per heavy atom. The summed E-state index contributed by atoms with van der Waals surface area (Å²) in [5.74, 6) is 1.43. The summed E-state index contributed by atoms with van der Waals surface area (Å²) in [5.41, 5.74) is 9.85. The Balaban J connectivity index is 1.76. The number of aromatic nitrogens is 3. The van der Waals surface area contributed by atoms with E-state index in [2.05, 4.69) is 39.8 Å². The largest absolute Gasteiger partial charge is 0.382 e. The maximum absolute atomic E-state index is 11.1. The Morgan fingerprint density at radius 2 is 1.96 bits per heavy atom. The van der Waals surface area contributed by atoms with E-state index in [4.69, 9.17) is 10.7 Å². The molecule has 0 unspecified atom stereocenters. The van der Waals surface area contributed by atoms with Crippen LogP contribution in [0.2, 0.25) is 0 Å². The number of imidazole rings is 1. The van der Waals surface area contributed by atoms with Gasteiger partial charge in [-0.05, 0) is 37.3 Å². The molecule has 8 heteroatoms. The van der Waals surface area contributed by atoms with Gasteiger partial charge in [0.2, 0.25) is 10.0 Å². The van der Waals surface area contributed by atoms with Gasteiger partial charge in [0.1, 0.15) is 22.7 Å². The standard InChI is InChI=1S/C19H27N5O2S/c1-3-4-8-16-23-17-14-10-9-13(7-5-6-11-21-27(2,25)26)12-15(14)22-19(20)18(17)24-16/h9-10,12,21H,3-8,11H2,1-2H3,(H2,20,22)(H,23,24). The summed E-state index contributed by atoms with van der Waals surface area (Å²) in [6, 6.07) is 6.19. The minimum atomic E-state index is -3.11. The minimum Gasteiger partial charge on any atom is -0.382 e. The number of hydrogen-bond acceptors (Lipinski definition) is 5. The van der Waals surface area contributed by atoms with Crippen LogP contribution < -0.4 is 10.5 Å². The highest BCUT2D eigenvalue weighted by molar-refractivity contribution is 7.88. The Labute approximate surface area is 159 Å². The van der Waals surface area contributed by atoms with Gasteiger partial charge in [-0.2, -0.15) is 0 Å². The topological polar surface area (TPSA) is 114 Å². The van der Waals surface area contributed by atoms with Crippen molar-refractivity contribution in [1.29, 1.82) is 0 Å². The molecule has 0 fully saturated rings. The molecule has 0 bridgehead atoms. The smallest absolute Gasteiger partial charge is 0.208 e. The van der Waals surface area contributed by atoms with Crippen LogP contribution in [0.25, 0.3) is 21.9 Å². The molecule has 0 radical (unpaired) electrons. The molecule has 0 saturated heterocycles. The van der Waals surface area contributed by atoms with Crippen molar-refractivity contribution < 1.29 is 8.42 Å². The van der Waals surface area contributed by atoms with Crippen LogP contribution in [0.1, 0.15) is 44.0 Å². The Morgan fingerprint density at radius 3 is 2.70 bits per heavy atom. The zero-order chi connectivity index (χ0) is 19.4.